The fraction of sp³-hybridized carbons (Fsp3) is 0.375. The molecule has 2 rings (SSSR count). The van der Waals surface area contributed by atoms with Gasteiger partial charge in [-0.25, -0.2) is 18.1 Å². The maximum absolute atomic E-state index is 12.5. The van der Waals surface area contributed by atoms with Crippen molar-refractivity contribution in [3.05, 3.63) is 35.0 Å². The molecule has 0 spiro atoms. The van der Waals surface area contributed by atoms with Crippen LogP contribution in [0.15, 0.2) is 29.2 Å². The van der Waals surface area contributed by atoms with E-state index in [4.69, 9.17) is 16.3 Å². The van der Waals surface area contributed by atoms with Crippen molar-refractivity contribution in [3.8, 4) is 5.75 Å². The maximum Gasteiger partial charge on any atom is 0.244 e. The maximum atomic E-state index is 12.5. The van der Waals surface area contributed by atoms with Gasteiger partial charge in [-0.2, -0.15) is 4.98 Å². The molecule has 0 aliphatic rings. The Labute approximate surface area is 158 Å². The number of nitrogens with zero attached hydrogens (tertiary/aromatic N) is 2. The van der Waals surface area contributed by atoms with Crippen molar-refractivity contribution in [2.75, 3.05) is 37.4 Å². The molecule has 1 heterocycles. The summed E-state index contributed by atoms with van der Waals surface area (Å²) in [6, 6.07) is 6.23. The normalized spacial score (nSPS) is 11.2. The van der Waals surface area contributed by atoms with Crippen molar-refractivity contribution in [1.29, 1.82) is 0 Å². The number of nitrogens with one attached hydrogen (secondary N) is 3. The number of hydrogen-bond donors (Lipinski definition) is 3. The third-order valence-electron chi connectivity index (χ3n) is 3.33. The molecule has 26 heavy (non-hydrogen) atoms. The molecule has 0 saturated heterocycles. The molecule has 142 valence electrons. The number of halogens is 1. The molecule has 3 N–H and O–H groups in total. The highest BCUT2D eigenvalue weighted by molar-refractivity contribution is 7.89. The van der Waals surface area contributed by atoms with Gasteiger partial charge in [0.2, 0.25) is 16.0 Å². The second kappa shape index (κ2) is 9.02. The van der Waals surface area contributed by atoms with Crippen molar-refractivity contribution < 1.29 is 13.2 Å². The van der Waals surface area contributed by atoms with Crippen molar-refractivity contribution >= 4 is 33.4 Å². The number of hydrogen-bond acceptors (Lipinski definition) is 7. The van der Waals surface area contributed by atoms with E-state index in [1.807, 2.05) is 13.8 Å². The lowest BCUT2D eigenvalue weighted by atomic mass is 10.3. The second-order valence-electron chi connectivity index (χ2n) is 5.37. The number of anilines is 2. The Morgan fingerprint density at radius 2 is 1.92 bits per heavy atom. The molecule has 0 atom stereocenters. The first-order valence-electron chi connectivity index (χ1n) is 8.02. The van der Waals surface area contributed by atoms with Crippen LogP contribution in [0.25, 0.3) is 0 Å². The van der Waals surface area contributed by atoms with Crippen molar-refractivity contribution in [1.82, 2.24) is 14.7 Å². The molecular formula is C16H22ClN5O3S. The summed E-state index contributed by atoms with van der Waals surface area (Å²) < 4.78 is 32.5. The number of ether oxygens (including phenoxy) is 1. The SMILES string of the molecule is CCNc1nc(C)cc(NCCNS(=O)(=O)c2cc(Cl)ccc2OC)n1. The van der Waals surface area contributed by atoms with Crippen LogP contribution in [0.2, 0.25) is 5.02 Å². The fourth-order valence-corrected chi connectivity index (χ4v) is 3.67. The first kappa shape index (κ1) is 20.2. The lowest BCUT2D eigenvalue weighted by Gasteiger charge is -2.12. The van der Waals surface area contributed by atoms with E-state index in [-0.39, 0.29) is 17.2 Å². The zero-order valence-electron chi connectivity index (χ0n) is 14.8. The van der Waals surface area contributed by atoms with E-state index in [0.717, 1.165) is 5.69 Å². The van der Waals surface area contributed by atoms with E-state index in [2.05, 4.69) is 25.3 Å². The molecule has 10 heteroatoms. The zero-order valence-corrected chi connectivity index (χ0v) is 16.4. The van der Waals surface area contributed by atoms with Crippen LogP contribution < -0.4 is 20.1 Å². The van der Waals surface area contributed by atoms with Crippen LogP contribution in [0, 0.1) is 6.92 Å². The molecular weight excluding hydrogens is 378 g/mol. The van der Waals surface area contributed by atoms with Crippen LogP contribution in [-0.4, -0.2) is 45.1 Å². The first-order chi connectivity index (χ1) is 12.4. The highest BCUT2D eigenvalue weighted by Gasteiger charge is 2.19. The van der Waals surface area contributed by atoms with Crippen molar-refractivity contribution in [3.63, 3.8) is 0 Å². The summed E-state index contributed by atoms with van der Waals surface area (Å²) in [6.07, 6.45) is 0. The Morgan fingerprint density at radius 3 is 2.62 bits per heavy atom. The smallest absolute Gasteiger partial charge is 0.244 e. The van der Waals surface area contributed by atoms with Gasteiger partial charge in [-0.1, -0.05) is 11.6 Å². The highest BCUT2D eigenvalue weighted by Crippen LogP contribution is 2.26. The van der Waals surface area contributed by atoms with E-state index in [0.29, 0.717) is 29.9 Å². The van der Waals surface area contributed by atoms with Gasteiger partial charge in [0, 0.05) is 36.4 Å². The van der Waals surface area contributed by atoms with E-state index in [1.54, 1.807) is 12.1 Å². The standard InChI is InChI=1S/C16H22ClN5O3S/c1-4-18-16-21-11(2)9-15(22-16)19-7-8-20-26(23,24)14-10-12(17)5-6-13(14)25-3/h5-6,9-10,20H,4,7-8H2,1-3H3,(H2,18,19,21,22). The Bertz CT molecular complexity index is 861. The summed E-state index contributed by atoms with van der Waals surface area (Å²) in [7, 11) is -2.34. The minimum Gasteiger partial charge on any atom is -0.495 e. The summed E-state index contributed by atoms with van der Waals surface area (Å²) in [5.74, 6) is 1.38. The quantitative estimate of drug-likeness (QED) is 0.555. The highest BCUT2D eigenvalue weighted by atomic mass is 35.5. The van der Waals surface area contributed by atoms with Crippen LogP contribution in [0.5, 0.6) is 5.75 Å². The minimum absolute atomic E-state index is 0.000174. The van der Waals surface area contributed by atoms with Gasteiger partial charge >= 0.3 is 0 Å². The number of benzene rings is 1. The van der Waals surface area contributed by atoms with Crippen LogP contribution >= 0.6 is 11.6 Å². The number of aromatic nitrogens is 2. The Kier molecular flexibility index (Phi) is 7.01. The van der Waals surface area contributed by atoms with Crippen LogP contribution in [0.1, 0.15) is 12.6 Å². The first-order valence-corrected chi connectivity index (χ1v) is 9.88. The summed E-state index contributed by atoms with van der Waals surface area (Å²) in [6.45, 7) is 5.05. The molecule has 0 radical (unpaired) electrons. The van der Waals surface area contributed by atoms with Gasteiger partial charge in [-0.3, -0.25) is 0 Å². The molecule has 8 nitrogen and oxygen atoms in total. The molecule has 0 unspecified atom stereocenters. The van der Waals surface area contributed by atoms with Crippen molar-refractivity contribution in [2.24, 2.45) is 0 Å². The summed E-state index contributed by atoms with van der Waals surface area (Å²) in [4.78, 5) is 8.56. The fourth-order valence-electron chi connectivity index (χ4n) is 2.21. The van der Waals surface area contributed by atoms with Crippen LogP contribution in [-0.2, 0) is 10.0 Å². The van der Waals surface area contributed by atoms with Gasteiger partial charge in [0.15, 0.2) is 0 Å². The number of rotatable bonds is 9. The van der Waals surface area contributed by atoms with E-state index < -0.39 is 10.0 Å². The zero-order chi connectivity index (χ0) is 19.2. The lowest BCUT2D eigenvalue weighted by molar-refractivity contribution is 0.402. The van der Waals surface area contributed by atoms with Gasteiger partial charge in [0.25, 0.3) is 0 Å². The molecule has 1 aromatic carbocycles. The Hall–Kier alpha value is -2.10. The second-order valence-corrected chi connectivity index (χ2v) is 7.54. The van der Waals surface area contributed by atoms with E-state index in [1.165, 1.54) is 19.2 Å². The summed E-state index contributed by atoms with van der Waals surface area (Å²) in [5, 5.41) is 6.43. The molecule has 0 fully saturated rings. The number of sulfonamides is 1. The predicted octanol–water partition coefficient (Wildman–Crippen LogP) is 2.27. The van der Waals surface area contributed by atoms with Crippen molar-refractivity contribution in [2.45, 2.75) is 18.7 Å². The largest absolute Gasteiger partial charge is 0.495 e. The monoisotopic (exact) mass is 399 g/mol. The average molecular weight is 400 g/mol. The van der Waals surface area contributed by atoms with Crippen LogP contribution in [0.4, 0.5) is 11.8 Å². The van der Waals surface area contributed by atoms with Gasteiger partial charge < -0.3 is 15.4 Å². The number of aryl methyl sites for hydroxylation is 1. The molecule has 0 aliphatic heterocycles. The molecule has 1 aromatic heterocycles. The molecule has 0 aliphatic carbocycles. The third-order valence-corrected chi connectivity index (χ3v) is 5.04. The minimum atomic E-state index is -3.75. The molecule has 0 amide bonds. The Morgan fingerprint density at radius 1 is 1.15 bits per heavy atom. The summed E-state index contributed by atoms with van der Waals surface area (Å²) >= 11 is 5.90. The van der Waals surface area contributed by atoms with Crippen LogP contribution in [0.3, 0.4) is 0 Å². The number of methoxy groups -OCH3 is 1. The topological polar surface area (TPSA) is 105 Å². The van der Waals surface area contributed by atoms with E-state index >= 15 is 0 Å². The third kappa shape index (κ3) is 5.45. The molecule has 2 aromatic rings. The van der Waals surface area contributed by atoms with E-state index in [9.17, 15) is 8.42 Å². The molecule has 0 bridgehead atoms. The van der Waals surface area contributed by atoms with Gasteiger partial charge in [-0.05, 0) is 32.0 Å². The lowest BCUT2D eigenvalue weighted by Crippen LogP contribution is -2.29. The Balaban J connectivity index is 1.98. The van der Waals surface area contributed by atoms with Gasteiger partial charge in [0.05, 0.1) is 7.11 Å². The summed E-state index contributed by atoms with van der Waals surface area (Å²) in [5.41, 5.74) is 0.808. The van der Waals surface area contributed by atoms with Gasteiger partial charge in [-0.15, -0.1) is 0 Å². The molecule has 0 saturated carbocycles. The average Bonchev–Trinajstić information content (AvgIpc) is 2.58. The van der Waals surface area contributed by atoms with Gasteiger partial charge in [0.1, 0.15) is 16.5 Å². The predicted molar refractivity (Wildman–Crippen MR) is 103 cm³/mol.